The normalized spacial score (nSPS) is 22.8. The minimum absolute atomic E-state index is 0.284. The summed E-state index contributed by atoms with van der Waals surface area (Å²) in [6, 6.07) is 0. The summed E-state index contributed by atoms with van der Waals surface area (Å²) in [5.41, 5.74) is 2.17. The second-order valence-electron chi connectivity index (χ2n) is 5.85. The Morgan fingerprint density at radius 2 is 1.54 bits per heavy atom. The van der Waals surface area contributed by atoms with E-state index in [0.29, 0.717) is 5.41 Å². The zero-order valence-corrected chi connectivity index (χ0v) is 9.74. The largest absolute Gasteiger partial charge is 0.0988 e. The van der Waals surface area contributed by atoms with Gasteiger partial charge in [0, 0.05) is 0 Å². The van der Waals surface area contributed by atoms with Crippen LogP contribution < -0.4 is 0 Å². The number of rotatable bonds is 1. The summed E-state index contributed by atoms with van der Waals surface area (Å²) in [6.07, 6.45) is 6.91. The van der Waals surface area contributed by atoms with Crippen molar-refractivity contribution in [2.45, 2.75) is 59.8 Å². The molecule has 0 saturated heterocycles. The minimum atomic E-state index is 0.284. The fourth-order valence-corrected chi connectivity index (χ4v) is 2.54. The van der Waals surface area contributed by atoms with E-state index in [4.69, 9.17) is 0 Å². The van der Waals surface area contributed by atoms with Crippen molar-refractivity contribution in [2.75, 3.05) is 0 Å². The molecule has 0 aliphatic heterocycles. The predicted octanol–water partition coefficient (Wildman–Crippen LogP) is 4.56. The van der Waals surface area contributed by atoms with Crippen LogP contribution in [0.15, 0.2) is 12.2 Å². The smallest absolute Gasteiger partial charge is 0.0114 e. The Labute approximate surface area is 83.4 Å². The van der Waals surface area contributed by atoms with Crippen LogP contribution in [0.1, 0.15) is 59.8 Å². The summed E-state index contributed by atoms with van der Waals surface area (Å²) in [6.45, 7) is 13.6. The Kier molecular flexibility index (Phi) is 2.89. The van der Waals surface area contributed by atoms with Crippen molar-refractivity contribution >= 4 is 0 Å². The third-order valence-electron chi connectivity index (χ3n) is 3.59. The van der Waals surface area contributed by atoms with Crippen molar-refractivity contribution in [1.29, 1.82) is 0 Å². The highest BCUT2D eigenvalue weighted by molar-refractivity contribution is 5.16. The molecule has 1 rings (SSSR count). The molecule has 1 aliphatic rings. The van der Waals surface area contributed by atoms with Gasteiger partial charge >= 0.3 is 0 Å². The van der Waals surface area contributed by atoms with Crippen LogP contribution >= 0.6 is 0 Å². The predicted molar refractivity (Wildman–Crippen MR) is 59.8 cm³/mol. The molecule has 0 aromatic carbocycles. The molecule has 0 amide bonds. The van der Waals surface area contributed by atoms with Crippen molar-refractivity contribution in [2.24, 2.45) is 10.8 Å². The van der Waals surface area contributed by atoms with Gasteiger partial charge in [-0.2, -0.15) is 0 Å². The monoisotopic (exact) mass is 180 g/mol. The SMILES string of the molecule is C=C(C(C)(C)C)C1(C)CCCCC1. The van der Waals surface area contributed by atoms with Gasteiger partial charge in [-0.1, -0.05) is 59.1 Å². The van der Waals surface area contributed by atoms with Gasteiger partial charge < -0.3 is 0 Å². The topological polar surface area (TPSA) is 0 Å². The summed E-state index contributed by atoms with van der Waals surface area (Å²) < 4.78 is 0. The summed E-state index contributed by atoms with van der Waals surface area (Å²) in [4.78, 5) is 0. The Hall–Kier alpha value is -0.260. The van der Waals surface area contributed by atoms with E-state index in [1.807, 2.05) is 0 Å². The summed E-state index contributed by atoms with van der Waals surface area (Å²) >= 11 is 0. The first-order valence-corrected chi connectivity index (χ1v) is 5.56. The second-order valence-corrected chi connectivity index (χ2v) is 5.85. The lowest BCUT2D eigenvalue weighted by molar-refractivity contribution is 0.225. The van der Waals surface area contributed by atoms with Crippen molar-refractivity contribution in [3.05, 3.63) is 12.2 Å². The van der Waals surface area contributed by atoms with Gasteiger partial charge in [-0.15, -0.1) is 0 Å². The molecule has 1 aliphatic carbocycles. The van der Waals surface area contributed by atoms with Crippen LogP contribution in [0.5, 0.6) is 0 Å². The van der Waals surface area contributed by atoms with Crippen molar-refractivity contribution in [3.63, 3.8) is 0 Å². The van der Waals surface area contributed by atoms with E-state index in [1.54, 1.807) is 0 Å². The lowest BCUT2D eigenvalue weighted by atomic mass is 9.64. The summed E-state index contributed by atoms with van der Waals surface area (Å²) in [7, 11) is 0. The van der Waals surface area contributed by atoms with Crippen molar-refractivity contribution in [3.8, 4) is 0 Å². The van der Waals surface area contributed by atoms with Crippen LogP contribution in [0.2, 0.25) is 0 Å². The molecule has 13 heavy (non-hydrogen) atoms. The zero-order valence-electron chi connectivity index (χ0n) is 9.74. The average molecular weight is 180 g/mol. The molecule has 0 heterocycles. The fraction of sp³-hybridized carbons (Fsp3) is 0.846. The van der Waals surface area contributed by atoms with E-state index in [1.165, 1.54) is 37.7 Å². The number of allylic oxidation sites excluding steroid dienone is 1. The molecular weight excluding hydrogens is 156 g/mol. The molecule has 0 nitrogen and oxygen atoms in total. The summed E-state index contributed by atoms with van der Waals surface area (Å²) in [5.74, 6) is 0. The standard InChI is InChI=1S/C13H24/c1-11(12(2,3)4)13(5)9-7-6-8-10-13/h1,6-10H2,2-5H3. The van der Waals surface area contributed by atoms with Crippen LogP contribution in [-0.2, 0) is 0 Å². The maximum Gasteiger partial charge on any atom is -0.0114 e. The minimum Gasteiger partial charge on any atom is -0.0988 e. The molecule has 1 fully saturated rings. The average Bonchev–Trinajstić information content (AvgIpc) is 2.03. The molecule has 0 bridgehead atoms. The first-order chi connectivity index (χ1) is 5.86. The molecule has 0 aromatic rings. The second kappa shape index (κ2) is 3.48. The highest BCUT2D eigenvalue weighted by Crippen LogP contribution is 2.47. The lowest BCUT2D eigenvalue weighted by Gasteiger charge is -2.41. The van der Waals surface area contributed by atoms with Gasteiger partial charge in [0.1, 0.15) is 0 Å². The van der Waals surface area contributed by atoms with Gasteiger partial charge in [0.25, 0.3) is 0 Å². The third-order valence-corrected chi connectivity index (χ3v) is 3.59. The number of hydrogen-bond acceptors (Lipinski definition) is 0. The quantitative estimate of drug-likeness (QED) is 0.519. The van der Waals surface area contributed by atoms with Gasteiger partial charge in [0.05, 0.1) is 0 Å². The fourth-order valence-electron chi connectivity index (χ4n) is 2.54. The third kappa shape index (κ3) is 2.36. The van der Waals surface area contributed by atoms with E-state index in [0.717, 1.165) is 0 Å². The zero-order chi connectivity index (χ0) is 10.1. The Morgan fingerprint density at radius 3 is 1.92 bits per heavy atom. The highest BCUT2D eigenvalue weighted by atomic mass is 14.4. The van der Waals surface area contributed by atoms with E-state index in [9.17, 15) is 0 Å². The molecule has 0 spiro atoms. The molecule has 0 radical (unpaired) electrons. The molecule has 1 saturated carbocycles. The lowest BCUT2D eigenvalue weighted by Crippen LogP contribution is -2.29. The van der Waals surface area contributed by atoms with Gasteiger partial charge in [0.2, 0.25) is 0 Å². The van der Waals surface area contributed by atoms with Crippen LogP contribution in [0, 0.1) is 10.8 Å². The van der Waals surface area contributed by atoms with Crippen LogP contribution in [-0.4, -0.2) is 0 Å². The first-order valence-electron chi connectivity index (χ1n) is 5.56. The number of hydrogen-bond donors (Lipinski definition) is 0. The van der Waals surface area contributed by atoms with Crippen molar-refractivity contribution < 1.29 is 0 Å². The molecule has 0 heteroatoms. The molecule has 0 N–H and O–H groups in total. The van der Waals surface area contributed by atoms with E-state index in [-0.39, 0.29) is 5.41 Å². The Morgan fingerprint density at radius 1 is 1.08 bits per heavy atom. The molecule has 0 atom stereocenters. The molecule has 0 aromatic heterocycles. The maximum absolute atomic E-state index is 4.32. The molecule has 0 unspecified atom stereocenters. The van der Waals surface area contributed by atoms with Gasteiger partial charge in [-0.3, -0.25) is 0 Å². The van der Waals surface area contributed by atoms with Crippen LogP contribution in [0.4, 0.5) is 0 Å². The maximum atomic E-state index is 4.32. The van der Waals surface area contributed by atoms with Gasteiger partial charge in [-0.25, -0.2) is 0 Å². The van der Waals surface area contributed by atoms with Crippen molar-refractivity contribution in [1.82, 2.24) is 0 Å². The Balaban J connectivity index is 2.73. The summed E-state index contributed by atoms with van der Waals surface area (Å²) in [5, 5.41) is 0. The Bertz CT molecular complexity index is 187. The van der Waals surface area contributed by atoms with Gasteiger partial charge in [-0.05, 0) is 23.7 Å². The van der Waals surface area contributed by atoms with E-state index < -0.39 is 0 Å². The van der Waals surface area contributed by atoms with Gasteiger partial charge in [0.15, 0.2) is 0 Å². The molecular formula is C13H24. The highest BCUT2D eigenvalue weighted by Gasteiger charge is 2.34. The van der Waals surface area contributed by atoms with Crippen LogP contribution in [0.3, 0.4) is 0 Å². The molecule has 76 valence electrons. The van der Waals surface area contributed by atoms with Crippen LogP contribution in [0.25, 0.3) is 0 Å². The first kappa shape index (κ1) is 10.8. The van der Waals surface area contributed by atoms with E-state index in [2.05, 4.69) is 34.3 Å². The van der Waals surface area contributed by atoms with E-state index >= 15 is 0 Å².